The van der Waals surface area contributed by atoms with Crippen LogP contribution in [0.4, 0.5) is 5.69 Å². The molecule has 0 radical (unpaired) electrons. The van der Waals surface area contributed by atoms with Gasteiger partial charge in [0, 0.05) is 31.1 Å². The van der Waals surface area contributed by atoms with E-state index in [1.807, 2.05) is 0 Å². The van der Waals surface area contributed by atoms with Gasteiger partial charge >= 0.3 is 0 Å². The van der Waals surface area contributed by atoms with E-state index >= 15 is 0 Å². The summed E-state index contributed by atoms with van der Waals surface area (Å²) in [6, 6.07) is 4.48. The van der Waals surface area contributed by atoms with Crippen LogP contribution in [0.2, 0.25) is 0 Å². The summed E-state index contributed by atoms with van der Waals surface area (Å²) in [5.74, 6) is -1.88. The molecular formula is C17H18N4O5. The lowest BCUT2D eigenvalue weighted by molar-refractivity contribution is -0.385. The molecule has 2 atom stereocenters. The maximum Gasteiger partial charge on any atom is 0.282 e. The van der Waals surface area contributed by atoms with E-state index in [1.54, 1.807) is 24.9 Å². The number of hydrogen-bond donors (Lipinski definition) is 0. The van der Waals surface area contributed by atoms with Crippen molar-refractivity contribution in [1.29, 1.82) is 0 Å². The van der Waals surface area contributed by atoms with Gasteiger partial charge in [-0.1, -0.05) is 19.1 Å². The van der Waals surface area contributed by atoms with Crippen LogP contribution in [0, 0.1) is 16.0 Å². The minimum absolute atomic E-state index is 0.0230. The Bertz CT molecular complexity index is 869. The molecule has 3 aliphatic rings. The Hall–Kier alpha value is -2.81. The third kappa shape index (κ3) is 1.70. The van der Waals surface area contributed by atoms with E-state index in [9.17, 15) is 24.5 Å². The maximum atomic E-state index is 13.1. The number of nitro groups is 1. The Balaban J connectivity index is 2.01. The van der Waals surface area contributed by atoms with Gasteiger partial charge in [-0.25, -0.2) is 5.01 Å². The Morgan fingerprint density at radius 2 is 2.08 bits per heavy atom. The van der Waals surface area contributed by atoms with E-state index in [0.717, 1.165) is 5.01 Å². The van der Waals surface area contributed by atoms with E-state index in [0.29, 0.717) is 25.1 Å². The standard InChI is InChI=1S/C17H18N4O5/c1-3-13(22)20-15(23)10(2)17-11-6-4-7-12(21(25)26)14(11)16(24)18(17)8-5-9-19(17)20/h4,6-7,10H,3,5,8-9H2,1-2H3/t10-,17-/m0/s1. The molecule has 4 rings (SSSR count). The molecule has 2 saturated heterocycles. The Labute approximate surface area is 149 Å². The molecule has 2 fully saturated rings. The average molecular weight is 358 g/mol. The lowest BCUT2D eigenvalue weighted by Crippen LogP contribution is -2.62. The second-order valence-corrected chi connectivity index (χ2v) is 6.74. The minimum Gasteiger partial charge on any atom is -0.313 e. The number of imide groups is 1. The third-order valence-electron chi connectivity index (χ3n) is 5.61. The normalized spacial score (nSPS) is 27.4. The second kappa shape index (κ2) is 5.34. The van der Waals surface area contributed by atoms with Gasteiger partial charge in [0.25, 0.3) is 17.5 Å². The number of carbonyl (C=O) groups is 3. The summed E-state index contributed by atoms with van der Waals surface area (Å²) < 4.78 is 0. The molecule has 0 unspecified atom stereocenters. The fourth-order valence-electron chi connectivity index (χ4n) is 4.58. The van der Waals surface area contributed by atoms with E-state index in [1.165, 1.54) is 17.0 Å². The van der Waals surface area contributed by atoms with Crippen molar-refractivity contribution in [3.63, 3.8) is 0 Å². The molecule has 0 saturated carbocycles. The second-order valence-electron chi connectivity index (χ2n) is 6.74. The fourth-order valence-corrected chi connectivity index (χ4v) is 4.58. The van der Waals surface area contributed by atoms with Crippen molar-refractivity contribution in [2.24, 2.45) is 5.92 Å². The highest BCUT2D eigenvalue weighted by atomic mass is 16.6. The minimum atomic E-state index is -1.17. The highest BCUT2D eigenvalue weighted by molar-refractivity contribution is 6.06. The summed E-state index contributed by atoms with van der Waals surface area (Å²) in [7, 11) is 0. The van der Waals surface area contributed by atoms with Crippen LogP contribution in [0.1, 0.15) is 42.6 Å². The van der Waals surface area contributed by atoms with E-state index in [-0.39, 0.29) is 29.5 Å². The molecule has 3 aliphatic heterocycles. The van der Waals surface area contributed by atoms with E-state index in [2.05, 4.69) is 0 Å². The van der Waals surface area contributed by atoms with Gasteiger partial charge in [0.2, 0.25) is 5.91 Å². The quantitative estimate of drug-likeness (QED) is 0.582. The van der Waals surface area contributed by atoms with Gasteiger partial charge < -0.3 is 4.90 Å². The fraction of sp³-hybridized carbons (Fsp3) is 0.471. The highest BCUT2D eigenvalue weighted by Gasteiger charge is 2.68. The molecular weight excluding hydrogens is 340 g/mol. The molecule has 0 aromatic heterocycles. The van der Waals surface area contributed by atoms with Gasteiger partial charge in [-0.05, 0) is 13.3 Å². The predicted molar refractivity (Wildman–Crippen MR) is 88.4 cm³/mol. The van der Waals surface area contributed by atoms with Crippen molar-refractivity contribution in [2.45, 2.75) is 32.4 Å². The molecule has 9 nitrogen and oxygen atoms in total. The number of fused-ring (bicyclic) bond motifs is 1. The van der Waals surface area contributed by atoms with Gasteiger partial charge in [-0.15, -0.1) is 0 Å². The van der Waals surface area contributed by atoms with Gasteiger partial charge in [-0.3, -0.25) is 24.5 Å². The molecule has 0 aliphatic carbocycles. The first-order valence-corrected chi connectivity index (χ1v) is 8.61. The zero-order chi connectivity index (χ0) is 18.8. The van der Waals surface area contributed by atoms with E-state index < -0.39 is 22.4 Å². The molecule has 0 N–H and O–H groups in total. The first kappa shape index (κ1) is 16.6. The zero-order valence-electron chi connectivity index (χ0n) is 14.5. The van der Waals surface area contributed by atoms with Crippen molar-refractivity contribution in [2.75, 3.05) is 13.1 Å². The molecule has 3 heterocycles. The maximum absolute atomic E-state index is 13.1. The lowest BCUT2D eigenvalue weighted by Gasteiger charge is -2.48. The predicted octanol–water partition coefficient (Wildman–Crippen LogP) is 1.24. The summed E-state index contributed by atoms with van der Waals surface area (Å²) >= 11 is 0. The Morgan fingerprint density at radius 1 is 1.35 bits per heavy atom. The zero-order valence-corrected chi connectivity index (χ0v) is 14.5. The number of benzene rings is 1. The van der Waals surface area contributed by atoms with Gasteiger partial charge in [-0.2, -0.15) is 5.01 Å². The number of rotatable bonds is 2. The average Bonchev–Trinajstić information content (AvgIpc) is 3.04. The summed E-state index contributed by atoms with van der Waals surface area (Å²) in [6.45, 7) is 4.16. The van der Waals surface area contributed by atoms with Crippen LogP contribution >= 0.6 is 0 Å². The molecule has 0 bridgehead atoms. The van der Waals surface area contributed by atoms with Crippen molar-refractivity contribution in [3.05, 3.63) is 39.4 Å². The third-order valence-corrected chi connectivity index (χ3v) is 5.61. The summed E-state index contributed by atoms with van der Waals surface area (Å²) in [5, 5.41) is 14.2. The number of carbonyl (C=O) groups excluding carboxylic acids is 3. The number of amides is 3. The van der Waals surface area contributed by atoms with Crippen LogP contribution in [0.5, 0.6) is 0 Å². The van der Waals surface area contributed by atoms with Crippen LogP contribution in [0.3, 0.4) is 0 Å². The molecule has 3 amide bonds. The smallest absolute Gasteiger partial charge is 0.282 e. The first-order valence-electron chi connectivity index (χ1n) is 8.61. The SMILES string of the molecule is CCC(=O)N1C(=O)[C@H](C)[C@]23c4cccc([N+](=O)[O-])c4C(=O)N2CCCN13. The van der Waals surface area contributed by atoms with Crippen LogP contribution in [-0.4, -0.2) is 50.7 Å². The molecule has 1 aromatic rings. The summed E-state index contributed by atoms with van der Waals surface area (Å²) in [5.41, 5.74) is -0.979. The van der Waals surface area contributed by atoms with Crippen LogP contribution < -0.4 is 0 Å². The Kier molecular flexibility index (Phi) is 3.42. The van der Waals surface area contributed by atoms with Crippen molar-refractivity contribution >= 4 is 23.4 Å². The largest absolute Gasteiger partial charge is 0.313 e. The Morgan fingerprint density at radius 3 is 2.73 bits per heavy atom. The van der Waals surface area contributed by atoms with E-state index in [4.69, 9.17) is 0 Å². The number of nitrogens with zero attached hydrogens (tertiary/aromatic N) is 4. The monoisotopic (exact) mass is 358 g/mol. The molecule has 136 valence electrons. The molecule has 1 spiro atoms. The van der Waals surface area contributed by atoms with Crippen LogP contribution in [-0.2, 0) is 15.3 Å². The summed E-state index contributed by atoms with van der Waals surface area (Å²) in [4.78, 5) is 50.8. The van der Waals surface area contributed by atoms with Crippen molar-refractivity contribution < 1.29 is 19.3 Å². The highest BCUT2D eigenvalue weighted by Crippen LogP contribution is 2.55. The summed E-state index contributed by atoms with van der Waals surface area (Å²) in [6.07, 6.45) is 0.726. The number of nitro benzene ring substituents is 1. The van der Waals surface area contributed by atoms with Gasteiger partial charge in [0.1, 0.15) is 5.56 Å². The van der Waals surface area contributed by atoms with Crippen LogP contribution in [0.25, 0.3) is 0 Å². The van der Waals surface area contributed by atoms with Gasteiger partial charge in [0.15, 0.2) is 5.66 Å². The topological polar surface area (TPSA) is 104 Å². The molecule has 26 heavy (non-hydrogen) atoms. The molecule has 9 heteroatoms. The lowest BCUT2D eigenvalue weighted by atomic mass is 9.85. The molecule has 1 aromatic carbocycles. The first-order chi connectivity index (χ1) is 12.4. The van der Waals surface area contributed by atoms with Crippen LogP contribution in [0.15, 0.2) is 18.2 Å². The van der Waals surface area contributed by atoms with Crippen molar-refractivity contribution in [3.8, 4) is 0 Å². The van der Waals surface area contributed by atoms with Crippen molar-refractivity contribution in [1.82, 2.24) is 14.9 Å². The van der Waals surface area contributed by atoms with Gasteiger partial charge in [0.05, 0.1) is 10.8 Å². The number of hydrazine groups is 1. The number of hydrogen-bond acceptors (Lipinski definition) is 6.